The van der Waals surface area contributed by atoms with Crippen LogP contribution in [0.1, 0.15) is 85.8 Å². The molecule has 8 aromatic rings. The number of phosphoric acid groups is 1. The minimum absolute atomic E-state index is 0.0119. The summed E-state index contributed by atoms with van der Waals surface area (Å²) in [5, 5.41) is 11.8. The zero-order valence-electron chi connectivity index (χ0n) is 75.1. The van der Waals surface area contributed by atoms with Crippen LogP contribution in [0.25, 0.3) is 22.3 Å². The van der Waals surface area contributed by atoms with E-state index in [2.05, 4.69) is 49.8 Å². The van der Waals surface area contributed by atoms with Gasteiger partial charge in [0.1, 0.15) is 141 Å². The van der Waals surface area contributed by atoms with Gasteiger partial charge in [-0.1, -0.05) is 42.3 Å². The van der Waals surface area contributed by atoms with E-state index >= 15 is 18.9 Å². The van der Waals surface area contributed by atoms with Crippen LogP contribution in [-0.2, 0) is 168 Å². The number of phosphoric ester groups is 1. The molecular formula is C73H99N19O38P5S4-5. The minimum Gasteiger partial charge on any atom is -0.780 e. The number of imidazole rings is 2. The summed E-state index contributed by atoms with van der Waals surface area (Å²) in [5.41, 5.74) is 13.0. The smallest absolute Gasteiger partial charge is 0.351 e. The van der Waals surface area contributed by atoms with E-state index in [0.717, 1.165) is 43.3 Å². The van der Waals surface area contributed by atoms with Crippen molar-refractivity contribution in [1.29, 1.82) is 0 Å². The van der Waals surface area contributed by atoms with Crippen LogP contribution in [0.15, 0.2) is 83.7 Å². The molecule has 57 nitrogen and oxygen atoms in total. The molecule has 0 bridgehead atoms. The van der Waals surface area contributed by atoms with Gasteiger partial charge in [-0.3, -0.25) is 65.9 Å². The Bertz CT molecular complexity index is 6380. The van der Waals surface area contributed by atoms with E-state index in [-0.39, 0.29) is 116 Å². The number of nitrogens with two attached hydrogens (primary N) is 3. The molecule has 14 rings (SSSR count). The van der Waals surface area contributed by atoms with Gasteiger partial charge in [0.15, 0.2) is 54.6 Å². The molecule has 9 unspecified atom stereocenters. The van der Waals surface area contributed by atoms with Crippen molar-refractivity contribution in [3.63, 3.8) is 0 Å². The number of hydrogen-bond acceptors (Lipinski definition) is 52. The van der Waals surface area contributed by atoms with Gasteiger partial charge in [-0.2, -0.15) is 4.98 Å². The third-order valence-electron chi connectivity index (χ3n) is 22.7. The van der Waals surface area contributed by atoms with E-state index in [1.54, 1.807) is 13.8 Å². The number of ether oxygens (including phenoxy) is 14. The number of methoxy groups -OCH3 is 4. The monoisotopic (exact) mass is 2130 g/mol. The number of aryl methyl sites for hydroxylation is 4. The fourth-order valence-corrected chi connectivity index (χ4v) is 22.6. The number of nitrogen functional groups attached to an aromatic ring is 3. The van der Waals surface area contributed by atoms with Crippen LogP contribution in [-0.4, -0.2) is 294 Å². The molecule has 0 spiro atoms. The fourth-order valence-electron chi connectivity index (χ4n) is 15.9. The Kier molecular flexibility index (Phi) is 35.8. The van der Waals surface area contributed by atoms with Gasteiger partial charge in [0.25, 0.3) is 24.5 Å². The second kappa shape index (κ2) is 46.2. The Balaban J connectivity index is 0.741. The maximum atomic E-state index is 15.5. The number of fused-ring (bicyclic) bond motifs is 2. The first-order chi connectivity index (χ1) is 66.0. The molecule has 0 radical (unpaired) electrons. The van der Waals surface area contributed by atoms with E-state index in [0.29, 0.717) is 5.56 Å². The molecule has 0 aliphatic carbocycles. The van der Waals surface area contributed by atoms with E-state index < -0.39 is 255 Å². The highest BCUT2D eigenvalue weighted by atomic mass is 32.7. The van der Waals surface area contributed by atoms with Crippen molar-refractivity contribution in [3.8, 4) is 0 Å². The van der Waals surface area contributed by atoms with Crippen LogP contribution in [0.3, 0.4) is 0 Å². The van der Waals surface area contributed by atoms with Gasteiger partial charge in [-0.05, 0) is 34.1 Å². The van der Waals surface area contributed by atoms with Crippen LogP contribution < -0.4 is 76.2 Å². The maximum Gasteiger partial charge on any atom is 0.351 e. The second-order valence-electron chi connectivity index (χ2n) is 32.0. The van der Waals surface area contributed by atoms with Crippen LogP contribution in [0.2, 0.25) is 0 Å². The lowest BCUT2D eigenvalue weighted by Gasteiger charge is -2.37. The number of aliphatic hydroxyl groups excluding tert-OH is 1. The van der Waals surface area contributed by atoms with Crippen molar-refractivity contribution >= 4 is 122 Å². The standard InChI is InChI=1S/C73H104N19O38P5S4/c1-10-38-39(19-46(120-38)87-22-35(3)63(94)84-71(87)98)126-132(103,136)116-25-41-40(20-47(121-41)88-23-36(4)64(95)85-72(88)99)127-133(104,137)118-28-44-51(55(112-16-12-108-7)68(124-44)91-32-81-48-59(75)77-30-79-61(48)91)128-131(101,102)115-27-43-52(56(113-17-13-109-8)67(123-43)90-24-37(5)65(96)86-73(90)100)129-135(106,139)119-29-45-53(57(114-18-14-110-9)69(125-45)92-33-82-49-60(76)78-31-80-62(49)92)130-134(105,138)117-26-42-50(93)54(111-15-11-107-6)66(122-42)89-21-34(2)58(74)83-70(89)97/h21-24,30-33,38-47,50-57,66-69,93H,10-20,25-29H2,1-9H3,(H,101,102)(H,103,136)(H,104,137)(H,105,138)(H,106,139)(H2,74,83,97)(H2,75,77,79)(H2,76,78,80)(H,84,94,98)(H,85,95,99)(H,86,96,100)/p-5/t38-,39-,40-,41-,42-,43-,44-,45-,46-,47-,50+,51+,52+,53+,54?,55?,56?,57?,66-,67-,68-,69-,132?,133?,134?,135?/m1/s1. The lowest BCUT2D eigenvalue weighted by Crippen LogP contribution is -2.42. The Labute approximate surface area is 806 Å². The van der Waals surface area contributed by atoms with Gasteiger partial charge in [0.2, 0.25) is 0 Å². The molecule has 139 heavy (non-hydrogen) atoms. The largest absolute Gasteiger partial charge is 0.780 e. The van der Waals surface area contributed by atoms with E-state index in [1.807, 2.05) is 0 Å². The maximum absolute atomic E-state index is 15.5. The lowest BCUT2D eigenvalue weighted by atomic mass is 10.1. The lowest BCUT2D eigenvalue weighted by molar-refractivity contribution is -0.238. The number of aromatic nitrogens is 16. The predicted molar refractivity (Wildman–Crippen MR) is 480 cm³/mol. The third kappa shape index (κ3) is 25.6. The Morgan fingerprint density at radius 3 is 1.26 bits per heavy atom. The first-order valence-corrected chi connectivity index (χ1v) is 54.1. The predicted octanol–water partition coefficient (Wildman–Crippen LogP) is -3.50. The van der Waals surface area contributed by atoms with E-state index in [9.17, 15) is 48.5 Å². The van der Waals surface area contributed by atoms with E-state index in [4.69, 9.17) is 176 Å². The molecule has 0 aromatic carbocycles. The summed E-state index contributed by atoms with van der Waals surface area (Å²) in [6.45, 7) is -19.2. The van der Waals surface area contributed by atoms with Gasteiger partial charge >= 0.3 is 22.8 Å². The first-order valence-electron chi connectivity index (χ1n) is 42.4. The highest BCUT2D eigenvalue weighted by molar-refractivity contribution is 8.32. The molecule has 66 heteroatoms. The summed E-state index contributed by atoms with van der Waals surface area (Å²) in [5.74, 6) is -0.288. The van der Waals surface area contributed by atoms with Crippen LogP contribution in [0.4, 0.5) is 17.5 Å². The molecule has 14 heterocycles. The molecule has 0 amide bonds. The molecule has 8 aromatic heterocycles. The number of hydrogen-bond donors (Lipinski definition) is 7. The van der Waals surface area contributed by atoms with Crippen LogP contribution in [0, 0.1) is 27.7 Å². The van der Waals surface area contributed by atoms with Crippen LogP contribution >= 0.6 is 34.8 Å². The van der Waals surface area contributed by atoms with Gasteiger partial charge in [0, 0.05) is 88.3 Å². The topological polar surface area (TPSA) is 733 Å². The fraction of sp³-hybridized carbons (Fsp3) is 0.644. The highest BCUT2D eigenvalue weighted by Gasteiger charge is 2.56. The van der Waals surface area contributed by atoms with Gasteiger partial charge in [0.05, 0.1) is 117 Å². The zero-order valence-corrected chi connectivity index (χ0v) is 82.8. The molecule has 6 aliphatic heterocycles. The number of aromatic amines is 3. The Hall–Kier alpha value is -6.98. The van der Waals surface area contributed by atoms with Crippen molar-refractivity contribution < 1.29 is 145 Å². The molecule has 6 fully saturated rings. The average molecular weight is 2130 g/mol. The third-order valence-corrected chi connectivity index (χ3v) is 29.9. The molecule has 768 valence electrons. The summed E-state index contributed by atoms with van der Waals surface area (Å²) in [6, 6.07) is 0. The number of anilines is 3. The number of aliphatic hydroxyl groups is 1. The molecule has 10 N–H and O–H groups in total. The first kappa shape index (κ1) is 108. The summed E-state index contributed by atoms with van der Waals surface area (Å²) in [4.78, 5) is 187. The molecule has 6 saturated heterocycles. The van der Waals surface area contributed by atoms with Crippen molar-refractivity contribution in [2.24, 2.45) is 0 Å². The average Bonchev–Trinajstić information content (AvgIpc) is 1.82. The molecular weight excluding hydrogens is 2030 g/mol. The number of H-pyrrole nitrogens is 3. The number of rotatable bonds is 48. The zero-order chi connectivity index (χ0) is 100. The Morgan fingerprint density at radius 2 is 0.799 bits per heavy atom. The van der Waals surface area contributed by atoms with Gasteiger partial charge in [-0.25, -0.2) is 49.1 Å². The SMILES string of the molecule is CC[C@H]1O[C@@H](n2cc(C)c(=O)[nH]c2=O)C[C@H]1OP([O-])(=S)OC[C@H]1O[C@@H](n2cc(C)c(=O)[nH]c2=O)C[C@H]1OP(=O)([S-])OC[C@H]1O[C@@H](n2cnc3c(N)ncnc32)C(OCCOC)[C@H]1OP(=O)([O-])OC[C@H]1O[C@@H](n2cc(C)c(=O)[nH]c2=O)C(OCCOC)[C@H]1OP([O-])(=S)OC[C@H]1O[C@@H](n2cnc3c(N)ncnc32)C(OCCOC)[C@H]1OP([O-])(=S)OC[C@H]1O[C@@H](n2cc(C)c(N)nc2=O)C(OCCOC)[C@H]1O. The van der Waals surface area contributed by atoms with Crippen molar-refractivity contribution in [1.82, 2.24) is 77.2 Å². The summed E-state index contributed by atoms with van der Waals surface area (Å²) >= 11 is 22.2. The number of nitrogens with one attached hydrogen (secondary N) is 3. The Morgan fingerprint density at radius 1 is 0.432 bits per heavy atom. The van der Waals surface area contributed by atoms with Crippen molar-refractivity contribution in [2.45, 2.75) is 189 Å². The highest BCUT2D eigenvalue weighted by Crippen LogP contribution is 2.56. The van der Waals surface area contributed by atoms with Gasteiger partial charge in [-0.15, -0.1) is 0 Å². The summed E-state index contributed by atoms with van der Waals surface area (Å²) in [6.07, 6.45) is -25.4. The number of nitrogens with zero attached hydrogens (tertiary/aromatic N) is 13. The van der Waals surface area contributed by atoms with Gasteiger partial charge < -0.3 is 166 Å². The molecule has 0 saturated carbocycles. The van der Waals surface area contributed by atoms with Crippen molar-refractivity contribution in [2.75, 3.05) is 132 Å². The molecule has 6 aliphatic rings. The summed E-state index contributed by atoms with van der Waals surface area (Å²) < 4.78 is 181. The normalized spacial score (nSPS) is 29.4. The summed E-state index contributed by atoms with van der Waals surface area (Å²) in [7, 11) is -0.728. The molecule has 27 atom stereocenters. The minimum atomic E-state index is -6.11. The van der Waals surface area contributed by atoms with Crippen LogP contribution in [0.5, 0.6) is 0 Å². The second-order valence-corrected chi connectivity index (χ2v) is 44.2. The van der Waals surface area contributed by atoms with Crippen molar-refractivity contribution in [3.05, 3.63) is 145 Å². The quantitative estimate of drug-likeness (QED) is 0.0111. The van der Waals surface area contributed by atoms with E-state index in [1.165, 1.54) is 83.4 Å².